The van der Waals surface area contributed by atoms with Gasteiger partial charge >= 0.3 is 6.09 Å². The summed E-state index contributed by atoms with van der Waals surface area (Å²) >= 11 is 3.67. The predicted molar refractivity (Wildman–Crippen MR) is 148 cm³/mol. The van der Waals surface area contributed by atoms with Crippen LogP contribution >= 0.6 is 23.1 Å². The Labute approximate surface area is 218 Å². The number of aromatic nitrogens is 1. The van der Waals surface area contributed by atoms with E-state index in [1.54, 1.807) is 11.3 Å². The van der Waals surface area contributed by atoms with Crippen LogP contribution in [0.5, 0.6) is 0 Å². The van der Waals surface area contributed by atoms with Crippen LogP contribution in [0.25, 0.3) is 0 Å². The summed E-state index contributed by atoms with van der Waals surface area (Å²) < 4.78 is 7.91. The first kappa shape index (κ1) is 29.5. The van der Waals surface area contributed by atoms with Crippen LogP contribution in [0.4, 0.5) is 4.79 Å². The fraction of sp³-hybridized carbons (Fsp3) is 0.857. The Kier molecular flexibility index (Phi) is 16.9. The van der Waals surface area contributed by atoms with Gasteiger partial charge < -0.3 is 9.64 Å². The Bertz CT molecular complexity index is 612. The number of hydrogen-bond donors (Lipinski definition) is 0. The lowest BCUT2D eigenvalue weighted by Gasteiger charge is -2.34. The number of amides is 1. The number of unbranched alkanes of at least 4 members (excludes halogenated alkanes) is 13. The summed E-state index contributed by atoms with van der Waals surface area (Å²) in [6.07, 6.45) is 25.4. The van der Waals surface area contributed by atoms with Gasteiger partial charge in [-0.2, -0.15) is 16.3 Å². The summed E-state index contributed by atoms with van der Waals surface area (Å²) in [7, 11) is 0. The average Bonchev–Trinajstić information content (AvgIpc) is 3.38. The lowest BCUT2D eigenvalue weighted by molar-refractivity contribution is -0.692. The first-order valence-electron chi connectivity index (χ1n) is 14.1. The maximum absolute atomic E-state index is 12.6. The van der Waals surface area contributed by atoms with Gasteiger partial charge in [0.05, 0.1) is 17.2 Å². The first-order chi connectivity index (χ1) is 16.7. The molecular formula is C28H51N2O2S2+. The fourth-order valence-electron chi connectivity index (χ4n) is 5.02. The van der Waals surface area contributed by atoms with E-state index in [-0.39, 0.29) is 6.09 Å². The summed E-state index contributed by atoms with van der Waals surface area (Å²) in [5.41, 5.74) is 2.18. The number of piperidine rings is 1. The van der Waals surface area contributed by atoms with E-state index in [4.69, 9.17) is 4.74 Å². The van der Waals surface area contributed by atoms with E-state index in [1.165, 1.54) is 89.9 Å². The summed E-state index contributed by atoms with van der Waals surface area (Å²) in [4.78, 5) is 14.6. The van der Waals surface area contributed by atoms with Gasteiger partial charge in [-0.25, -0.2) is 4.79 Å². The van der Waals surface area contributed by atoms with Gasteiger partial charge in [0.15, 0.2) is 12.7 Å². The van der Waals surface area contributed by atoms with Gasteiger partial charge in [-0.3, -0.25) is 0 Å². The zero-order valence-electron chi connectivity index (χ0n) is 22.1. The zero-order valence-corrected chi connectivity index (χ0v) is 23.7. The monoisotopic (exact) mass is 511 g/mol. The quantitative estimate of drug-likeness (QED) is 0.139. The Morgan fingerprint density at radius 2 is 1.65 bits per heavy atom. The molecule has 2 heterocycles. The highest BCUT2D eigenvalue weighted by atomic mass is 32.2. The SMILES string of the molecule is CCCCCCCCCCCCCCCCOC(=O)N1CCCC(C(C[n+]2ccsc2)SC)C1. The Morgan fingerprint density at radius 3 is 2.21 bits per heavy atom. The lowest BCUT2D eigenvalue weighted by Crippen LogP contribution is -2.47. The van der Waals surface area contributed by atoms with E-state index in [9.17, 15) is 4.79 Å². The van der Waals surface area contributed by atoms with Crippen molar-refractivity contribution in [3.8, 4) is 0 Å². The number of hydrogen-bond acceptors (Lipinski definition) is 4. The molecule has 1 amide bonds. The minimum atomic E-state index is -0.0950. The maximum atomic E-state index is 12.6. The van der Waals surface area contributed by atoms with Crippen molar-refractivity contribution < 1.29 is 14.1 Å². The topological polar surface area (TPSA) is 33.4 Å². The number of rotatable bonds is 19. The van der Waals surface area contributed by atoms with Crippen LogP contribution in [-0.4, -0.2) is 42.2 Å². The third-order valence-corrected chi connectivity index (χ3v) is 9.00. The summed E-state index contributed by atoms with van der Waals surface area (Å²) in [6.45, 7) is 5.58. The minimum Gasteiger partial charge on any atom is -0.449 e. The predicted octanol–water partition coefficient (Wildman–Crippen LogP) is 8.10. The molecule has 4 nitrogen and oxygen atoms in total. The van der Waals surface area contributed by atoms with E-state index < -0.39 is 0 Å². The van der Waals surface area contributed by atoms with Crippen LogP contribution in [-0.2, 0) is 11.3 Å². The molecule has 0 saturated carbocycles. The largest absolute Gasteiger partial charge is 0.449 e. The third kappa shape index (κ3) is 12.8. The molecule has 2 rings (SSSR count). The number of carbonyl (C=O) groups is 1. The van der Waals surface area contributed by atoms with Gasteiger partial charge in [-0.15, -0.1) is 0 Å². The third-order valence-electron chi connectivity index (χ3n) is 7.19. The summed E-state index contributed by atoms with van der Waals surface area (Å²) in [6, 6.07) is 0. The van der Waals surface area contributed by atoms with Crippen molar-refractivity contribution in [1.82, 2.24) is 4.90 Å². The van der Waals surface area contributed by atoms with Crippen molar-refractivity contribution in [2.75, 3.05) is 26.0 Å². The number of thiazole rings is 1. The van der Waals surface area contributed by atoms with Gasteiger partial charge in [0, 0.05) is 13.1 Å². The van der Waals surface area contributed by atoms with Gasteiger partial charge in [0.1, 0.15) is 0 Å². The molecule has 1 aromatic heterocycles. The maximum Gasteiger partial charge on any atom is 0.409 e. The van der Waals surface area contributed by atoms with Crippen molar-refractivity contribution in [2.24, 2.45) is 5.92 Å². The average molecular weight is 512 g/mol. The molecule has 1 aliphatic rings. The van der Waals surface area contributed by atoms with Gasteiger partial charge in [-0.1, -0.05) is 102 Å². The molecule has 2 atom stereocenters. The molecule has 1 aliphatic heterocycles. The number of ether oxygens (including phenoxy) is 1. The molecule has 1 aromatic rings. The van der Waals surface area contributed by atoms with E-state index >= 15 is 0 Å². The Morgan fingerprint density at radius 1 is 1.03 bits per heavy atom. The second-order valence-corrected chi connectivity index (χ2v) is 11.9. The summed E-state index contributed by atoms with van der Waals surface area (Å²) in [5, 5.41) is 2.67. The molecule has 1 fully saturated rings. The normalized spacial score (nSPS) is 17.1. The molecule has 0 aromatic carbocycles. The molecule has 6 heteroatoms. The Balaban J connectivity index is 1.45. The van der Waals surface area contributed by atoms with Gasteiger partial charge in [0.25, 0.3) is 0 Å². The van der Waals surface area contributed by atoms with Gasteiger partial charge in [0.2, 0.25) is 5.51 Å². The van der Waals surface area contributed by atoms with Crippen LogP contribution in [0.3, 0.4) is 0 Å². The molecular weight excluding hydrogens is 460 g/mol. The number of likely N-dealkylation sites (tertiary alicyclic amines) is 1. The van der Waals surface area contributed by atoms with Crippen molar-refractivity contribution >= 4 is 29.2 Å². The van der Waals surface area contributed by atoms with E-state index in [0.717, 1.165) is 32.5 Å². The van der Waals surface area contributed by atoms with E-state index in [0.29, 0.717) is 17.8 Å². The van der Waals surface area contributed by atoms with Crippen LogP contribution in [0.15, 0.2) is 17.1 Å². The highest BCUT2D eigenvalue weighted by Gasteiger charge is 2.31. The second-order valence-electron chi connectivity index (χ2n) is 10.1. The molecule has 0 N–H and O–H groups in total. The number of thioether (sulfide) groups is 1. The first-order valence-corrected chi connectivity index (χ1v) is 16.3. The molecule has 2 unspecified atom stereocenters. The molecule has 196 valence electrons. The molecule has 34 heavy (non-hydrogen) atoms. The highest BCUT2D eigenvalue weighted by Crippen LogP contribution is 2.27. The molecule has 0 spiro atoms. The second kappa shape index (κ2) is 19.4. The number of carbonyl (C=O) groups excluding carboxylic acids is 1. The minimum absolute atomic E-state index is 0.0950. The smallest absolute Gasteiger partial charge is 0.409 e. The van der Waals surface area contributed by atoms with Crippen LogP contribution in [0, 0.1) is 5.92 Å². The molecule has 1 saturated heterocycles. The molecule has 0 radical (unpaired) electrons. The van der Waals surface area contributed by atoms with Crippen molar-refractivity contribution in [3.05, 3.63) is 17.1 Å². The lowest BCUT2D eigenvalue weighted by atomic mass is 9.94. The van der Waals surface area contributed by atoms with Crippen molar-refractivity contribution in [3.63, 3.8) is 0 Å². The fourth-order valence-corrected chi connectivity index (χ4v) is 6.55. The standard InChI is InChI=1S/C28H51N2O2S2/c1-3-4-5-6-7-8-9-10-11-12-13-14-15-16-21-32-28(31)30-19-17-18-26(23-30)27(33-2)24-29-20-22-34-25-29/h20,22,25-27H,3-19,21,23-24H2,1-2H3/q+1. The van der Waals surface area contributed by atoms with E-state index in [2.05, 4.69) is 34.8 Å². The van der Waals surface area contributed by atoms with Crippen molar-refractivity contribution in [2.45, 2.75) is 121 Å². The molecule has 0 bridgehead atoms. The number of nitrogens with zero attached hydrogens (tertiary/aromatic N) is 2. The summed E-state index contributed by atoms with van der Waals surface area (Å²) in [5.74, 6) is 0.546. The van der Waals surface area contributed by atoms with Crippen molar-refractivity contribution in [1.29, 1.82) is 0 Å². The zero-order chi connectivity index (χ0) is 24.3. The van der Waals surface area contributed by atoms with E-state index in [1.807, 2.05) is 16.7 Å². The van der Waals surface area contributed by atoms with Crippen LogP contribution < -0.4 is 4.57 Å². The molecule has 0 aliphatic carbocycles. The Hall–Kier alpha value is -0.750. The van der Waals surface area contributed by atoms with Gasteiger partial charge in [-0.05, 0) is 31.4 Å². The van der Waals surface area contributed by atoms with Crippen LogP contribution in [0.2, 0.25) is 0 Å². The van der Waals surface area contributed by atoms with Crippen LogP contribution in [0.1, 0.15) is 110 Å². The highest BCUT2D eigenvalue weighted by molar-refractivity contribution is 7.99.